The number of likely N-dealkylation sites (tertiary alicyclic amines) is 1. The second-order valence-corrected chi connectivity index (χ2v) is 5.19. The summed E-state index contributed by atoms with van der Waals surface area (Å²) in [5, 5.41) is 0. The largest absolute Gasteiger partial charge is 0.439 e. The van der Waals surface area contributed by atoms with E-state index in [9.17, 15) is 0 Å². The Morgan fingerprint density at radius 1 is 1.44 bits per heavy atom. The van der Waals surface area contributed by atoms with Crippen molar-refractivity contribution in [2.45, 2.75) is 25.9 Å². The number of hydrogen-bond acceptors (Lipinski definition) is 4. The quantitative estimate of drug-likeness (QED) is 0.898. The van der Waals surface area contributed by atoms with Crippen molar-refractivity contribution in [3.8, 4) is 0 Å². The van der Waals surface area contributed by atoms with Crippen molar-refractivity contribution in [1.29, 1.82) is 0 Å². The van der Waals surface area contributed by atoms with E-state index in [-0.39, 0.29) is 0 Å². The summed E-state index contributed by atoms with van der Waals surface area (Å²) < 4.78 is 5.76. The van der Waals surface area contributed by atoms with E-state index in [1.54, 1.807) is 0 Å². The lowest BCUT2D eigenvalue weighted by atomic mass is 10.1. The van der Waals surface area contributed by atoms with E-state index in [1.807, 2.05) is 24.3 Å². The maximum atomic E-state index is 5.76. The zero-order chi connectivity index (χ0) is 12.5. The summed E-state index contributed by atoms with van der Waals surface area (Å²) >= 11 is 0. The summed E-state index contributed by atoms with van der Waals surface area (Å²) in [6.07, 6.45) is 1.18. The van der Waals surface area contributed by atoms with Gasteiger partial charge in [-0.15, -0.1) is 0 Å². The minimum absolute atomic E-state index is 0.563. The second-order valence-electron chi connectivity index (χ2n) is 5.19. The van der Waals surface area contributed by atoms with Gasteiger partial charge >= 0.3 is 0 Å². The van der Waals surface area contributed by atoms with Crippen LogP contribution in [0.3, 0.4) is 0 Å². The maximum absolute atomic E-state index is 5.76. The van der Waals surface area contributed by atoms with Crippen molar-refractivity contribution in [3.05, 3.63) is 30.2 Å². The van der Waals surface area contributed by atoms with Gasteiger partial charge in [-0.2, -0.15) is 0 Å². The van der Waals surface area contributed by atoms with E-state index >= 15 is 0 Å². The lowest BCUT2D eigenvalue weighted by molar-refractivity contribution is 0.232. The summed E-state index contributed by atoms with van der Waals surface area (Å²) in [6.45, 7) is 4.86. The predicted molar refractivity (Wildman–Crippen MR) is 71.0 cm³/mol. The van der Waals surface area contributed by atoms with Gasteiger partial charge in [-0.05, 0) is 37.9 Å². The van der Waals surface area contributed by atoms with Gasteiger partial charge in [-0.25, -0.2) is 4.98 Å². The van der Waals surface area contributed by atoms with Gasteiger partial charge < -0.3 is 10.2 Å². The molecule has 4 heteroatoms. The van der Waals surface area contributed by atoms with Crippen LogP contribution in [0.5, 0.6) is 0 Å². The van der Waals surface area contributed by atoms with Crippen LogP contribution in [0.15, 0.2) is 28.7 Å². The van der Waals surface area contributed by atoms with Crippen LogP contribution in [-0.4, -0.2) is 29.0 Å². The normalized spacial score (nSPS) is 25.0. The molecule has 1 aromatic carbocycles. The van der Waals surface area contributed by atoms with Gasteiger partial charge in [-0.3, -0.25) is 4.90 Å². The number of hydrogen-bond donors (Lipinski definition) is 1. The molecule has 1 aromatic heterocycles. The number of nitrogens with two attached hydrogens (primary N) is 1. The monoisotopic (exact) mass is 245 g/mol. The molecule has 3 rings (SSSR count). The summed E-state index contributed by atoms with van der Waals surface area (Å²) in [4.78, 5) is 6.93. The van der Waals surface area contributed by atoms with E-state index in [4.69, 9.17) is 10.2 Å². The fourth-order valence-electron chi connectivity index (χ4n) is 2.77. The van der Waals surface area contributed by atoms with Crippen molar-refractivity contribution in [3.63, 3.8) is 0 Å². The molecule has 18 heavy (non-hydrogen) atoms. The average Bonchev–Trinajstić information content (AvgIpc) is 2.93. The van der Waals surface area contributed by atoms with Gasteiger partial charge in [0, 0.05) is 12.6 Å². The Labute approximate surface area is 107 Å². The topological polar surface area (TPSA) is 55.3 Å². The van der Waals surface area contributed by atoms with Gasteiger partial charge in [-0.1, -0.05) is 12.1 Å². The number of fused-ring (bicyclic) bond motifs is 1. The maximum Gasteiger partial charge on any atom is 0.209 e. The molecule has 4 nitrogen and oxygen atoms in total. The molecule has 2 heterocycles. The minimum atomic E-state index is 0.563. The fraction of sp³-hybridized carbons (Fsp3) is 0.500. The van der Waals surface area contributed by atoms with Crippen molar-refractivity contribution in [2.24, 2.45) is 11.7 Å². The molecule has 0 amide bonds. The molecule has 0 saturated carbocycles. The zero-order valence-corrected chi connectivity index (χ0v) is 10.7. The van der Waals surface area contributed by atoms with Crippen molar-refractivity contribution in [1.82, 2.24) is 9.88 Å². The number of benzene rings is 1. The van der Waals surface area contributed by atoms with E-state index in [2.05, 4.69) is 16.8 Å². The molecule has 2 unspecified atom stereocenters. The highest BCUT2D eigenvalue weighted by atomic mass is 16.3. The van der Waals surface area contributed by atoms with Crippen molar-refractivity contribution >= 4 is 11.1 Å². The van der Waals surface area contributed by atoms with Gasteiger partial charge in [0.25, 0.3) is 0 Å². The number of nitrogens with zero attached hydrogens (tertiary/aromatic N) is 2. The first-order valence-electron chi connectivity index (χ1n) is 6.55. The average molecular weight is 245 g/mol. The Morgan fingerprint density at radius 3 is 3.00 bits per heavy atom. The van der Waals surface area contributed by atoms with Crippen molar-refractivity contribution in [2.75, 3.05) is 13.1 Å². The van der Waals surface area contributed by atoms with Crippen LogP contribution in [0.1, 0.15) is 19.2 Å². The van der Waals surface area contributed by atoms with Gasteiger partial charge in [0.1, 0.15) is 5.52 Å². The fourth-order valence-corrected chi connectivity index (χ4v) is 2.77. The van der Waals surface area contributed by atoms with Gasteiger partial charge in [0.2, 0.25) is 5.89 Å². The first-order valence-corrected chi connectivity index (χ1v) is 6.55. The SMILES string of the molecule is CC1CC(CN)CN1Cc1nc2ccccc2o1. The third-order valence-corrected chi connectivity index (χ3v) is 3.80. The van der Waals surface area contributed by atoms with E-state index < -0.39 is 0 Å². The second kappa shape index (κ2) is 4.71. The number of para-hydroxylation sites is 2. The third kappa shape index (κ3) is 2.13. The van der Waals surface area contributed by atoms with Crippen LogP contribution < -0.4 is 5.73 Å². The van der Waals surface area contributed by atoms with Crippen LogP contribution in [0.2, 0.25) is 0 Å². The van der Waals surface area contributed by atoms with Crippen LogP contribution >= 0.6 is 0 Å². The van der Waals surface area contributed by atoms with Gasteiger partial charge in [0.05, 0.1) is 6.54 Å². The van der Waals surface area contributed by atoms with Crippen molar-refractivity contribution < 1.29 is 4.42 Å². The first-order chi connectivity index (χ1) is 8.76. The smallest absolute Gasteiger partial charge is 0.209 e. The number of oxazole rings is 1. The molecule has 2 N–H and O–H groups in total. The predicted octanol–water partition coefficient (Wildman–Crippen LogP) is 2.00. The van der Waals surface area contributed by atoms with Crippen LogP contribution in [0, 0.1) is 5.92 Å². The molecule has 1 saturated heterocycles. The molecule has 2 aromatic rings. The minimum Gasteiger partial charge on any atom is -0.439 e. The Bertz CT molecular complexity index is 504. The standard InChI is InChI=1S/C14H19N3O/c1-10-6-11(7-15)8-17(10)9-14-16-12-4-2-3-5-13(12)18-14/h2-5,10-11H,6-9,15H2,1H3. The molecule has 0 bridgehead atoms. The number of rotatable bonds is 3. The molecule has 1 fully saturated rings. The van der Waals surface area contributed by atoms with E-state index in [1.165, 1.54) is 6.42 Å². The molecule has 2 atom stereocenters. The summed E-state index contributed by atoms with van der Waals surface area (Å²) in [7, 11) is 0. The molecule has 0 radical (unpaired) electrons. The number of aromatic nitrogens is 1. The van der Waals surface area contributed by atoms with E-state index in [0.29, 0.717) is 12.0 Å². The highest BCUT2D eigenvalue weighted by Gasteiger charge is 2.28. The molecular formula is C14H19N3O. The Balaban J connectivity index is 1.76. The van der Waals surface area contributed by atoms with Gasteiger partial charge in [0.15, 0.2) is 5.58 Å². The lowest BCUT2D eigenvalue weighted by Gasteiger charge is -2.18. The van der Waals surface area contributed by atoms with E-state index in [0.717, 1.165) is 36.6 Å². The summed E-state index contributed by atoms with van der Waals surface area (Å²) in [6, 6.07) is 8.46. The third-order valence-electron chi connectivity index (χ3n) is 3.80. The van der Waals surface area contributed by atoms with Crippen LogP contribution in [-0.2, 0) is 6.54 Å². The molecule has 1 aliphatic rings. The Hall–Kier alpha value is -1.39. The molecule has 96 valence electrons. The Kier molecular flexibility index (Phi) is 3.06. The summed E-state index contributed by atoms with van der Waals surface area (Å²) in [5.41, 5.74) is 7.56. The molecular weight excluding hydrogens is 226 g/mol. The lowest BCUT2D eigenvalue weighted by Crippen LogP contribution is -2.27. The molecule has 1 aliphatic heterocycles. The van der Waals surface area contributed by atoms with Crippen LogP contribution in [0.4, 0.5) is 0 Å². The van der Waals surface area contributed by atoms with Crippen LogP contribution in [0.25, 0.3) is 11.1 Å². The Morgan fingerprint density at radius 2 is 2.28 bits per heavy atom. The summed E-state index contributed by atoms with van der Waals surface area (Å²) in [5.74, 6) is 1.42. The zero-order valence-electron chi connectivity index (χ0n) is 10.7. The highest BCUT2D eigenvalue weighted by molar-refractivity contribution is 5.72. The molecule has 0 aliphatic carbocycles. The first kappa shape index (κ1) is 11.7. The highest BCUT2D eigenvalue weighted by Crippen LogP contribution is 2.25. The molecule has 0 spiro atoms.